The molecule has 14 nitrogen and oxygen atoms in total. The highest BCUT2D eigenvalue weighted by Gasteiger charge is 2.20. The van der Waals surface area contributed by atoms with Crippen molar-refractivity contribution < 1.29 is 19.2 Å². The summed E-state index contributed by atoms with van der Waals surface area (Å²) < 4.78 is 9.86. The van der Waals surface area contributed by atoms with E-state index >= 15 is 0 Å². The standard InChI is InChI=1S/C21H20ClN9O5/c1-28-11-13(9-24-28)8-23-21(33)19-17(10-25-29(19)2)26-20(32)16-5-6-30(27-16)12-36-18-4-3-14(31(34)35)7-15(18)22/h3-7,9-11H,8,12H2,1-2H3,(H,23,33)(H,26,32). The van der Waals surface area contributed by atoms with Crippen molar-refractivity contribution in [1.82, 2.24) is 34.7 Å². The van der Waals surface area contributed by atoms with Gasteiger partial charge in [-0.3, -0.25) is 29.1 Å². The highest BCUT2D eigenvalue weighted by molar-refractivity contribution is 6.32. The van der Waals surface area contributed by atoms with Crippen LogP contribution in [0.25, 0.3) is 0 Å². The van der Waals surface area contributed by atoms with E-state index < -0.39 is 16.7 Å². The van der Waals surface area contributed by atoms with Gasteiger partial charge in [-0.1, -0.05) is 11.6 Å². The van der Waals surface area contributed by atoms with Gasteiger partial charge in [0.05, 0.1) is 28.0 Å². The van der Waals surface area contributed by atoms with E-state index in [9.17, 15) is 19.7 Å². The van der Waals surface area contributed by atoms with Gasteiger partial charge in [0.2, 0.25) is 0 Å². The van der Waals surface area contributed by atoms with E-state index in [1.807, 2.05) is 0 Å². The zero-order chi connectivity index (χ0) is 25.8. The molecule has 4 rings (SSSR count). The first kappa shape index (κ1) is 24.4. The molecule has 0 radical (unpaired) electrons. The lowest BCUT2D eigenvalue weighted by molar-refractivity contribution is -0.384. The number of carbonyl (C=O) groups is 2. The third kappa shape index (κ3) is 5.50. The molecule has 15 heteroatoms. The predicted molar refractivity (Wildman–Crippen MR) is 127 cm³/mol. The first-order chi connectivity index (χ1) is 17.2. The van der Waals surface area contributed by atoms with Crippen molar-refractivity contribution in [3.8, 4) is 5.75 Å². The Bertz CT molecular complexity index is 1440. The maximum absolute atomic E-state index is 12.7. The van der Waals surface area contributed by atoms with Crippen LogP contribution >= 0.6 is 11.6 Å². The van der Waals surface area contributed by atoms with Crippen molar-refractivity contribution in [1.29, 1.82) is 0 Å². The van der Waals surface area contributed by atoms with Crippen LogP contribution in [0.5, 0.6) is 5.75 Å². The highest BCUT2D eigenvalue weighted by atomic mass is 35.5. The number of rotatable bonds is 9. The van der Waals surface area contributed by atoms with Gasteiger partial charge in [-0.2, -0.15) is 15.3 Å². The molecular weight excluding hydrogens is 494 g/mol. The molecule has 0 fully saturated rings. The van der Waals surface area contributed by atoms with E-state index in [0.29, 0.717) is 0 Å². The number of nitrogens with one attached hydrogen (secondary N) is 2. The molecule has 4 aromatic rings. The maximum atomic E-state index is 12.7. The minimum Gasteiger partial charge on any atom is -0.470 e. The van der Waals surface area contributed by atoms with Crippen LogP contribution in [0, 0.1) is 10.1 Å². The third-order valence-corrected chi connectivity index (χ3v) is 5.26. The molecule has 2 N–H and O–H groups in total. The van der Waals surface area contributed by atoms with E-state index in [2.05, 4.69) is 25.9 Å². The van der Waals surface area contributed by atoms with Crippen LogP contribution in [0.15, 0.2) is 49.1 Å². The SMILES string of the molecule is Cn1cc(CNC(=O)c2c(NC(=O)c3ccn(COc4ccc([N+](=O)[O-])cc4Cl)n3)cnn2C)cn1. The van der Waals surface area contributed by atoms with Crippen LogP contribution in [0.3, 0.4) is 0 Å². The number of nitro groups is 1. The normalized spacial score (nSPS) is 10.8. The average molecular weight is 514 g/mol. The summed E-state index contributed by atoms with van der Waals surface area (Å²) in [6, 6.07) is 5.29. The second-order valence-electron chi connectivity index (χ2n) is 7.58. The second kappa shape index (κ2) is 10.3. The van der Waals surface area contributed by atoms with Crippen molar-refractivity contribution >= 4 is 34.8 Å². The Labute approximate surface area is 208 Å². The summed E-state index contributed by atoms with van der Waals surface area (Å²) in [5.41, 5.74) is 1.11. The highest BCUT2D eigenvalue weighted by Crippen LogP contribution is 2.28. The lowest BCUT2D eigenvalue weighted by Crippen LogP contribution is -2.26. The van der Waals surface area contributed by atoms with Crippen LogP contribution < -0.4 is 15.4 Å². The topological polar surface area (TPSA) is 164 Å². The summed E-state index contributed by atoms with van der Waals surface area (Å²) in [7, 11) is 3.36. The number of non-ortho nitro benzene ring substituents is 1. The molecule has 0 aliphatic rings. The van der Waals surface area contributed by atoms with E-state index in [0.717, 1.165) is 5.56 Å². The van der Waals surface area contributed by atoms with Crippen molar-refractivity contribution in [3.63, 3.8) is 0 Å². The molecule has 3 aromatic heterocycles. The Morgan fingerprint density at radius 1 is 1.17 bits per heavy atom. The molecule has 0 spiro atoms. The Hall–Kier alpha value is -4.72. The molecule has 0 aliphatic heterocycles. The molecule has 0 aliphatic carbocycles. The van der Waals surface area contributed by atoms with Crippen LogP contribution in [0.1, 0.15) is 26.5 Å². The number of halogens is 1. The average Bonchev–Trinajstić information content (AvgIpc) is 3.57. The monoisotopic (exact) mass is 513 g/mol. The fourth-order valence-corrected chi connectivity index (χ4v) is 3.45. The minimum atomic E-state index is -0.563. The number of anilines is 1. The predicted octanol–water partition coefficient (Wildman–Crippen LogP) is 2.13. The number of benzene rings is 1. The molecule has 36 heavy (non-hydrogen) atoms. The number of amides is 2. The quantitative estimate of drug-likeness (QED) is 0.254. The second-order valence-corrected chi connectivity index (χ2v) is 7.98. The van der Waals surface area contributed by atoms with Crippen molar-refractivity contribution in [2.24, 2.45) is 14.1 Å². The number of nitrogens with zero attached hydrogens (tertiary/aromatic N) is 7. The van der Waals surface area contributed by atoms with Gasteiger partial charge in [0.15, 0.2) is 12.4 Å². The van der Waals surface area contributed by atoms with Gasteiger partial charge in [0.1, 0.15) is 11.4 Å². The molecule has 0 unspecified atom stereocenters. The van der Waals surface area contributed by atoms with Gasteiger partial charge >= 0.3 is 0 Å². The molecule has 2 amide bonds. The summed E-state index contributed by atoms with van der Waals surface area (Å²) >= 11 is 6.02. The van der Waals surface area contributed by atoms with Crippen LogP contribution in [0.4, 0.5) is 11.4 Å². The summed E-state index contributed by atoms with van der Waals surface area (Å²) in [4.78, 5) is 35.7. The lowest BCUT2D eigenvalue weighted by Gasteiger charge is -2.08. The van der Waals surface area contributed by atoms with Gasteiger partial charge in [0.25, 0.3) is 17.5 Å². The summed E-state index contributed by atoms with van der Waals surface area (Å²) in [6.45, 7) is 0.161. The van der Waals surface area contributed by atoms with E-state index in [4.69, 9.17) is 16.3 Å². The van der Waals surface area contributed by atoms with E-state index in [1.165, 1.54) is 46.0 Å². The first-order valence-corrected chi connectivity index (χ1v) is 10.8. The van der Waals surface area contributed by atoms with Gasteiger partial charge in [-0.15, -0.1) is 0 Å². The van der Waals surface area contributed by atoms with Gasteiger partial charge in [0, 0.05) is 50.7 Å². The molecule has 0 saturated carbocycles. The van der Waals surface area contributed by atoms with Crippen molar-refractivity contribution in [2.45, 2.75) is 13.3 Å². The maximum Gasteiger partial charge on any atom is 0.276 e. The molecule has 3 heterocycles. The Balaban J connectivity index is 1.38. The molecule has 186 valence electrons. The van der Waals surface area contributed by atoms with Crippen LogP contribution in [-0.2, 0) is 27.4 Å². The van der Waals surface area contributed by atoms with E-state index in [-0.39, 0.29) is 46.8 Å². The van der Waals surface area contributed by atoms with Crippen molar-refractivity contribution in [2.75, 3.05) is 5.32 Å². The molecule has 1 aromatic carbocycles. The number of nitro benzene ring substituents is 1. The van der Waals surface area contributed by atoms with Gasteiger partial charge < -0.3 is 15.4 Å². The number of aromatic nitrogens is 6. The van der Waals surface area contributed by atoms with Crippen molar-refractivity contribution in [3.05, 3.63) is 81.1 Å². The zero-order valence-electron chi connectivity index (χ0n) is 19.1. The Morgan fingerprint density at radius 2 is 1.97 bits per heavy atom. The van der Waals surface area contributed by atoms with Crippen LogP contribution in [-0.4, -0.2) is 46.1 Å². The summed E-state index contributed by atoms with van der Waals surface area (Å²) in [5, 5.41) is 28.6. The number of hydrogen-bond donors (Lipinski definition) is 2. The summed E-state index contributed by atoms with van der Waals surface area (Å²) in [6.07, 6.45) is 6.30. The number of aryl methyl sites for hydroxylation is 2. The molecular formula is C21H20ClN9O5. The lowest BCUT2D eigenvalue weighted by atomic mass is 10.3. The smallest absolute Gasteiger partial charge is 0.276 e. The molecule has 0 atom stereocenters. The molecule has 0 bridgehead atoms. The van der Waals surface area contributed by atoms with E-state index in [1.54, 1.807) is 31.2 Å². The molecule has 0 saturated heterocycles. The van der Waals surface area contributed by atoms with Gasteiger partial charge in [-0.25, -0.2) is 4.68 Å². The number of ether oxygens (including phenoxy) is 1. The number of carbonyl (C=O) groups excluding carboxylic acids is 2. The van der Waals surface area contributed by atoms with Gasteiger partial charge in [-0.05, 0) is 12.1 Å². The Morgan fingerprint density at radius 3 is 2.67 bits per heavy atom. The van der Waals surface area contributed by atoms with Crippen LogP contribution in [0.2, 0.25) is 5.02 Å². The number of hydrogen-bond acceptors (Lipinski definition) is 8. The largest absolute Gasteiger partial charge is 0.470 e. The summed E-state index contributed by atoms with van der Waals surface area (Å²) in [5.74, 6) is -0.759. The fraction of sp³-hybridized carbons (Fsp3) is 0.190. The zero-order valence-corrected chi connectivity index (χ0v) is 19.8. The third-order valence-electron chi connectivity index (χ3n) is 4.97. The fourth-order valence-electron chi connectivity index (χ4n) is 3.22. The first-order valence-electron chi connectivity index (χ1n) is 10.4. The Kier molecular flexibility index (Phi) is 6.96. The minimum absolute atomic E-state index is 0.0685.